The van der Waals surface area contributed by atoms with Crippen LogP contribution in [-0.4, -0.2) is 28.8 Å². The van der Waals surface area contributed by atoms with Gasteiger partial charge in [0.2, 0.25) is 0 Å². The van der Waals surface area contributed by atoms with Gasteiger partial charge in [0.05, 0.1) is 22.6 Å². The first kappa shape index (κ1) is 20.7. The molecule has 0 saturated carbocycles. The van der Waals surface area contributed by atoms with Gasteiger partial charge in [-0.2, -0.15) is 0 Å². The first-order chi connectivity index (χ1) is 14.0. The zero-order valence-corrected chi connectivity index (χ0v) is 17.4. The second kappa shape index (κ2) is 9.45. The minimum Gasteiger partial charge on any atom is -0.397 e. The summed E-state index contributed by atoms with van der Waals surface area (Å²) in [6.45, 7) is 0.621. The maximum atomic E-state index is 12.5. The van der Waals surface area contributed by atoms with Crippen LogP contribution in [0.3, 0.4) is 0 Å². The number of amides is 1. The van der Waals surface area contributed by atoms with E-state index in [2.05, 4.69) is 16.0 Å². The van der Waals surface area contributed by atoms with Crippen LogP contribution in [-0.2, 0) is 6.54 Å². The number of dihydropyridines is 1. The lowest BCUT2D eigenvalue weighted by Crippen LogP contribution is -2.37. The number of para-hydroxylation sites is 2. The molecular weight excluding hydrogens is 406 g/mol. The minimum atomic E-state index is -0.292. The van der Waals surface area contributed by atoms with Gasteiger partial charge in [-0.3, -0.25) is 4.79 Å². The van der Waals surface area contributed by atoms with Gasteiger partial charge in [-0.1, -0.05) is 48.1 Å². The predicted molar refractivity (Wildman–Crippen MR) is 122 cm³/mol. The van der Waals surface area contributed by atoms with Crippen molar-refractivity contribution in [2.75, 3.05) is 18.1 Å². The Hall–Kier alpha value is -3.03. The van der Waals surface area contributed by atoms with Gasteiger partial charge in [0.15, 0.2) is 0 Å². The standard InChI is InChI=1S/C21H22ClN5OS/c1-27(20-18(24-13-29)10-11-19(22)26-20)12-14-6-8-15(9-7-14)21(28)25-17-5-3-2-4-16(17)23/h2-11,13,19,26H,12,23H2,1H3,(H,24,29)(H,25,28). The van der Waals surface area contributed by atoms with Gasteiger partial charge < -0.3 is 26.6 Å². The van der Waals surface area contributed by atoms with Crippen LogP contribution >= 0.6 is 23.8 Å². The van der Waals surface area contributed by atoms with Crippen LogP contribution in [0, 0.1) is 0 Å². The molecule has 0 aliphatic carbocycles. The molecule has 0 aromatic heterocycles. The van der Waals surface area contributed by atoms with Crippen molar-refractivity contribution in [1.82, 2.24) is 15.5 Å². The van der Waals surface area contributed by atoms with Crippen molar-refractivity contribution in [1.29, 1.82) is 0 Å². The van der Waals surface area contributed by atoms with Crippen molar-refractivity contribution < 1.29 is 4.79 Å². The number of alkyl halides is 1. The largest absolute Gasteiger partial charge is 0.397 e. The Labute approximate surface area is 180 Å². The quantitative estimate of drug-likeness (QED) is 0.235. The number of anilines is 2. The summed E-state index contributed by atoms with van der Waals surface area (Å²) in [5, 5.41) is 9.07. The van der Waals surface area contributed by atoms with Gasteiger partial charge in [0.25, 0.3) is 5.91 Å². The molecule has 29 heavy (non-hydrogen) atoms. The van der Waals surface area contributed by atoms with Crippen molar-refractivity contribution in [3.05, 3.63) is 83.3 Å². The highest BCUT2D eigenvalue weighted by molar-refractivity contribution is 7.78. The fourth-order valence-electron chi connectivity index (χ4n) is 2.93. The average molecular weight is 428 g/mol. The van der Waals surface area contributed by atoms with Crippen molar-refractivity contribution >= 4 is 46.6 Å². The molecule has 0 saturated heterocycles. The molecule has 6 nitrogen and oxygen atoms in total. The van der Waals surface area contributed by atoms with Crippen molar-refractivity contribution in [3.63, 3.8) is 0 Å². The number of thiocarbonyl (C=S) groups is 1. The number of hydrogen-bond donors (Lipinski definition) is 4. The zero-order chi connectivity index (χ0) is 20.8. The molecule has 1 unspecified atom stereocenters. The third kappa shape index (κ3) is 5.28. The number of hydrogen-bond acceptors (Lipinski definition) is 5. The Morgan fingerprint density at radius 2 is 2.00 bits per heavy atom. The summed E-state index contributed by atoms with van der Waals surface area (Å²) in [6, 6.07) is 14.6. The lowest BCUT2D eigenvalue weighted by molar-refractivity contribution is 0.102. The van der Waals surface area contributed by atoms with Crippen LogP contribution in [0.25, 0.3) is 0 Å². The molecule has 0 fully saturated rings. The molecule has 1 amide bonds. The molecule has 3 rings (SSSR count). The number of halogens is 1. The number of nitrogens with two attached hydrogens (primary N) is 1. The number of carbonyl (C=O) groups excluding carboxylic acids is 1. The SMILES string of the molecule is CN(Cc1ccc(C(=O)Nc2ccccc2N)cc1)C1=C(NC=S)C=CC(Cl)N1. The van der Waals surface area contributed by atoms with E-state index in [9.17, 15) is 4.79 Å². The molecule has 0 radical (unpaired) electrons. The molecular formula is C21H22ClN5OS. The molecule has 1 heterocycles. The smallest absolute Gasteiger partial charge is 0.255 e. The average Bonchev–Trinajstić information content (AvgIpc) is 2.71. The summed E-state index contributed by atoms with van der Waals surface area (Å²) in [4.78, 5) is 14.5. The number of carbonyl (C=O) groups is 1. The zero-order valence-electron chi connectivity index (χ0n) is 15.9. The first-order valence-electron chi connectivity index (χ1n) is 8.97. The summed E-state index contributed by atoms with van der Waals surface area (Å²) >= 11 is 11.1. The van der Waals surface area contributed by atoms with E-state index < -0.39 is 0 Å². The topological polar surface area (TPSA) is 82.4 Å². The highest BCUT2D eigenvalue weighted by Crippen LogP contribution is 2.19. The predicted octanol–water partition coefficient (Wildman–Crippen LogP) is 3.39. The monoisotopic (exact) mass is 427 g/mol. The van der Waals surface area contributed by atoms with Crippen LogP contribution in [0.5, 0.6) is 0 Å². The van der Waals surface area contributed by atoms with Crippen LogP contribution < -0.4 is 21.7 Å². The summed E-state index contributed by atoms with van der Waals surface area (Å²) in [5.41, 5.74) is 10.6. The Morgan fingerprint density at radius 3 is 2.69 bits per heavy atom. The number of nitrogens with one attached hydrogen (secondary N) is 3. The fourth-order valence-corrected chi connectivity index (χ4v) is 3.23. The van der Waals surface area contributed by atoms with E-state index in [0.29, 0.717) is 23.5 Å². The van der Waals surface area contributed by atoms with E-state index in [-0.39, 0.29) is 11.4 Å². The van der Waals surface area contributed by atoms with Gasteiger partial charge in [-0.05, 0) is 42.0 Å². The Kier molecular flexibility index (Phi) is 6.74. The van der Waals surface area contributed by atoms with E-state index in [4.69, 9.17) is 29.6 Å². The van der Waals surface area contributed by atoms with E-state index in [0.717, 1.165) is 17.1 Å². The highest BCUT2D eigenvalue weighted by Gasteiger charge is 2.17. The second-order valence-corrected chi connectivity index (χ2v) is 7.23. The minimum absolute atomic E-state index is 0.206. The lowest BCUT2D eigenvalue weighted by Gasteiger charge is -2.29. The summed E-state index contributed by atoms with van der Waals surface area (Å²) in [7, 11) is 1.95. The van der Waals surface area contributed by atoms with Crippen LogP contribution in [0.2, 0.25) is 0 Å². The molecule has 1 aliphatic rings. The Balaban J connectivity index is 1.68. The Morgan fingerprint density at radius 1 is 1.28 bits per heavy atom. The van der Waals surface area contributed by atoms with Gasteiger partial charge in [-0.15, -0.1) is 0 Å². The third-order valence-electron chi connectivity index (χ3n) is 4.40. The molecule has 8 heteroatoms. The number of rotatable bonds is 7. The van der Waals surface area contributed by atoms with E-state index >= 15 is 0 Å². The normalized spacial score (nSPS) is 15.4. The third-order valence-corrected chi connectivity index (χ3v) is 4.78. The molecule has 1 atom stereocenters. The maximum absolute atomic E-state index is 12.5. The van der Waals surface area contributed by atoms with E-state index in [1.54, 1.807) is 24.3 Å². The summed E-state index contributed by atoms with van der Waals surface area (Å²) in [6.07, 6.45) is 3.73. The van der Waals surface area contributed by atoms with Gasteiger partial charge in [0.1, 0.15) is 11.3 Å². The van der Waals surface area contributed by atoms with Crippen molar-refractivity contribution in [2.45, 2.75) is 12.0 Å². The van der Waals surface area contributed by atoms with Crippen molar-refractivity contribution in [2.24, 2.45) is 0 Å². The fraction of sp³-hybridized carbons (Fsp3) is 0.143. The van der Waals surface area contributed by atoms with E-state index in [1.807, 2.05) is 48.4 Å². The number of allylic oxidation sites excluding steroid dienone is 1. The summed E-state index contributed by atoms with van der Waals surface area (Å²) in [5.74, 6) is 0.636. The van der Waals surface area contributed by atoms with Gasteiger partial charge in [-0.25, -0.2) is 0 Å². The van der Waals surface area contributed by atoms with Crippen LogP contribution in [0.4, 0.5) is 11.4 Å². The van der Waals surface area contributed by atoms with Crippen LogP contribution in [0.1, 0.15) is 15.9 Å². The Bertz CT molecular complexity index is 958. The first-order valence-corrected chi connectivity index (χ1v) is 9.88. The van der Waals surface area contributed by atoms with E-state index in [1.165, 1.54) is 5.49 Å². The maximum Gasteiger partial charge on any atom is 0.255 e. The summed E-state index contributed by atoms with van der Waals surface area (Å²) < 4.78 is 0. The van der Waals surface area contributed by atoms with Gasteiger partial charge in [0, 0.05) is 19.2 Å². The van der Waals surface area contributed by atoms with Crippen molar-refractivity contribution in [3.8, 4) is 0 Å². The highest BCUT2D eigenvalue weighted by atomic mass is 35.5. The molecule has 150 valence electrons. The molecule has 1 aliphatic heterocycles. The molecule has 0 bridgehead atoms. The molecule has 2 aromatic carbocycles. The molecule has 5 N–H and O–H groups in total. The lowest BCUT2D eigenvalue weighted by atomic mass is 10.1. The van der Waals surface area contributed by atoms with Crippen LogP contribution in [0.15, 0.2) is 72.2 Å². The number of nitrogen functional groups attached to an aromatic ring is 1. The number of benzene rings is 2. The molecule has 0 spiro atoms. The molecule has 2 aromatic rings. The second-order valence-electron chi connectivity index (χ2n) is 6.52. The van der Waals surface area contributed by atoms with Gasteiger partial charge >= 0.3 is 0 Å². The number of nitrogens with zero attached hydrogens (tertiary/aromatic N) is 1.